The number of hydrogen-bond acceptors (Lipinski definition) is 5. The van der Waals surface area contributed by atoms with E-state index in [1.807, 2.05) is 0 Å². The van der Waals surface area contributed by atoms with Crippen molar-refractivity contribution in [2.45, 2.75) is 19.8 Å². The minimum atomic E-state index is -4.74. The van der Waals surface area contributed by atoms with Gasteiger partial charge in [-0.3, -0.25) is 9.59 Å². The third kappa shape index (κ3) is 5.97. The summed E-state index contributed by atoms with van der Waals surface area (Å²) in [5, 5.41) is 8.04. The van der Waals surface area contributed by atoms with E-state index in [2.05, 4.69) is 20.9 Å². The van der Waals surface area contributed by atoms with Crippen LogP contribution in [0.1, 0.15) is 28.4 Å². The van der Waals surface area contributed by atoms with Gasteiger partial charge in [-0.1, -0.05) is 6.07 Å². The summed E-state index contributed by atoms with van der Waals surface area (Å²) in [5.41, 5.74) is 4.91. The molecule has 3 rings (SSSR count). The maximum Gasteiger partial charge on any atom is 0.419 e. The maximum atomic E-state index is 13.6. The van der Waals surface area contributed by atoms with Gasteiger partial charge >= 0.3 is 6.18 Å². The van der Waals surface area contributed by atoms with Gasteiger partial charge in [0.2, 0.25) is 5.91 Å². The summed E-state index contributed by atoms with van der Waals surface area (Å²) in [5.74, 6) is -1.09. The summed E-state index contributed by atoms with van der Waals surface area (Å²) in [6.45, 7) is 0.500. The van der Waals surface area contributed by atoms with Gasteiger partial charge in [0, 0.05) is 30.6 Å². The summed E-state index contributed by atoms with van der Waals surface area (Å²) in [4.78, 5) is 26.7. The van der Waals surface area contributed by atoms with Crippen LogP contribution in [0.15, 0.2) is 54.7 Å². The molecule has 0 aliphatic rings. The van der Waals surface area contributed by atoms with Crippen molar-refractivity contribution in [1.29, 1.82) is 0 Å². The van der Waals surface area contributed by atoms with Crippen molar-refractivity contribution >= 4 is 40.4 Å². The third-order valence-electron chi connectivity index (χ3n) is 4.46. The molecule has 3 aromatic rings. The van der Waals surface area contributed by atoms with E-state index in [9.17, 15) is 27.2 Å². The highest BCUT2D eigenvalue weighted by atomic mass is 19.4. The summed E-state index contributed by atoms with van der Waals surface area (Å²) < 4.78 is 53.6. The number of nitrogens with zero attached hydrogens (tertiary/aromatic N) is 1. The van der Waals surface area contributed by atoms with Gasteiger partial charge in [0.05, 0.1) is 22.5 Å². The first-order chi connectivity index (χ1) is 15.6. The molecule has 2 amide bonds. The second-order valence-electron chi connectivity index (χ2n) is 7.00. The normalized spacial score (nSPS) is 11.1. The lowest BCUT2D eigenvalue weighted by molar-refractivity contribution is -0.137. The Balaban J connectivity index is 1.95. The fourth-order valence-corrected chi connectivity index (χ4v) is 2.97. The first-order valence-electron chi connectivity index (χ1n) is 9.54. The number of alkyl halides is 4. The van der Waals surface area contributed by atoms with Gasteiger partial charge in [-0.15, -0.1) is 0 Å². The van der Waals surface area contributed by atoms with Crippen LogP contribution in [0.4, 0.5) is 46.1 Å². The van der Waals surface area contributed by atoms with Crippen molar-refractivity contribution in [2.24, 2.45) is 5.73 Å². The van der Waals surface area contributed by atoms with Crippen LogP contribution in [-0.4, -0.2) is 16.8 Å². The predicted molar refractivity (Wildman–Crippen MR) is 116 cm³/mol. The SMILES string of the molecule is CC(=O)Nc1ccc(Nc2cc(Nc3ccc(CF)cc3C(N)=O)c(C(F)(F)F)cn2)cc1. The molecule has 0 fully saturated rings. The van der Waals surface area contributed by atoms with E-state index in [0.29, 0.717) is 17.6 Å². The molecular formula is C22H19F4N5O2. The molecule has 1 heterocycles. The Bertz CT molecular complexity index is 1180. The number of aromatic nitrogens is 1. The molecule has 5 N–H and O–H groups in total. The van der Waals surface area contributed by atoms with Gasteiger partial charge < -0.3 is 21.7 Å². The molecule has 0 saturated heterocycles. The molecule has 7 nitrogen and oxygen atoms in total. The highest BCUT2D eigenvalue weighted by Gasteiger charge is 2.34. The Labute approximate surface area is 186 Å². The first-order valence-corrected chi connectivity index (χ1v) is 9.54. The number of carbonyl (C=O) groups is 2. The number of benzene rings is 2. The summed E-state index contributed by atoms with van der Waals surface area (Å²) in [6, 6.07) is 11.4. The number of carbonyl (C=O) groups excluding carboxylic acids is 2. The van der Waals surface area contributed by atoms with E-state index in [1.54, 1.807) is 24.3 Å². The van der Waals surface area contributed by atoms with Crippen LogP contribution in [0.3, 0.4) is 0 Å². The monoisotopic (exact) mass is 461 g/mol. The van der Waals surface area contributed by atoms with Crippen molar-refractivity contribution in [1.82, 2.24) is 4.98 Å². The molecule has 0 aliphatic heterocycles. The standard InChI is InChI=1S/C22H19F4N5O2/c1-12(32)29-14-3-5-15(6-4-14)30-20-9-19(17(11-28-20)22(24,25)26)31-18-7-2-13(10-23)8-16(18)21(27)33/h2-9,11H,10H2,1H3,(H2,27,33)(H,29,32)(H2,28,30,31). The largest absolute Gasteiger partial charge is 0.419 e. The Morgan fingerprint density at radius 3 is 2.21 bits per heavy atom. The average molecular weight is 461 g/mol. The summed E-state index contributed by atoms with van der Waals surface area (Å²) in [6.07, 6.45) is -4.09. The lowest BCUT2D eigenvalue weighted by Gasteiger charge is -2.17. The number of rotatable bonds is 7. The molecule has 2 aromatic carbocycles. The predicted octanol–water partition coefficient (Wildman–Crippen LogP) is 5.11. The van der Waals surface area contributed by atoms with Crippen LogP contribution in [-0.2, 0) is 17.6 Å². The molecule has 172 valence electrons. The topological polar surface area (TPSA) is 109 Å². The molecule has 1 aromatic heterocycles. The van der Waals surface area contributed by atoms with E-state index >= 15 is 0 Å². The maximum absolute atomic E-state index is 13.6. The van der Waals surface area contributed by atoms with Crippen LogP contribution >= 0.6 is 0 Å². The van der Waals surface area contributed by atoms with Crippen LogP contribution in [0.5, 0.6) is 0 Å². The number of anilines is 5. The molecular weight excluding hydrogens is 442 g/mol. The second kappa shape index (κ2) is 9.55. The van der Waals surface area contributed by atoms with E-state index < -0.39 is 24.3 Å². The quantitative estimate of drug-likeness (QED) is 0.366. The fourth-order valence-electron chi connectivity index (χ4n) is 2.97. The minimum absolute atomic E-state index is 0.0120. The van der Waals surface area contributed by atoms with Gasteiger partial charge in [0.15, 0.2) is 0 Å². The molecule has 11 heteroatoms. The number of primary amides is 1. The Morgan fingerprint density at radius 2 is 1.64 bits per heavy atom. The van der Waals surface area contributed by atoms with Crippen molar-refractivity contribution in [3.8, 4) is 0 Å². The van der Waals surface area contributed by atoms with Crippen LogP contribution in [0.2, 0.25) is 0 Å². The third-order valence-corrected chi connectivity index (χ3v) is 4.46. The highest BCUT2D eigenvalue weighted by molar-refractivity contribution is 5.99. The zero-order valence-electron chi connectivity index (χ0n) is 17.3. The number of nitrogens with two attached hydrogens (primary N) is 1. The summed E-state index contributed by atoms with van der Waals surface area (Å²) in [7, 11) is 0. The van der Waals surface area contributed by atoms with Gasteiger partial charge in [-0.25, -0.2) is 9.37 Å². The zero-order chi connectivity index (χ0) is 24.2. The van der Waals surface area contributed by atoms with Crippen LogP contribution in [0, 0.1) is 0 Å². The van der Waals surface area contributed by atoms with Gasteiger partial charge in [-0.2, -0.15) is 13.2 Å². The van der Waals surface area contributed by atoms with E-state index in [1.165, 1.54) is 25.1 Å². The van der Waals surface area contributed by atoms with E-state index in [0.717, 1.165) is 6.07 Å². The lowest BCUT2D eigenvalue weighted by Crippen LogP contribution is -2.15. The highest BCUT2D eigenvalue weighted by Crippen LogP contribution is 2.37. The molecule has 0 aliphatic carbocycles. The number of halogens is 4. The van der Waals surface area contributed by atoms with Crippen LogP contribution < -0.4 is 21.7 Å². The first kappa shape index (κ1) is 23.5. The summed E-state index contributed by atoms with van der Waals surface area (Å²) >= 11 is 0. The minimum Gasteiger partial charge on any atom is -0.366 e. The van der Waals surface area contributed by atoms with Gasteiger partial charge in [0.1, 0.15) is 12.5 Å². The Morgan fingerprint density at radius 1 is 0.970 bits per heavy atom. The van der Waals surface area contributed by atoms with Crippen molar-refractivity contribution in [3.63, 3.8) is 0 Å². The lowest BCUT2D eigenvalue weighted by atomic mass is 10.1. The smallest absolute Gasteiger partial charge is 0.366 e. The van der Waals surface area contributed by atoms with Crippen molar-refractivity contribution in [3.05, 3.63) is 71.4 Å². The molecule has 0 radical (unpaired) electrons. The molecule has 0 saturated carbocycles. The second-order valence-corrected chi connectivity index (χ2v) is 7.00. The van der Waals surface area contributed by atoms with Gasteiger partial charge in [-0.05, 0) is 42.0 Å². The van der Waals surface area contributed by atoms with E-state index in [4.69, 9.17) is 5.73 Å². The Kier molecular flexibility index (Phi) is 6.80. The fraction of sp³-hybridized carbons (Fsp3) is 0.136. The number of nitrogens with one attached hydrogen (secondary N) is 3. The number of amides is 2. The van der Waals surface area contributed by atoms with E-state index in [-0.39, 0.29) is 34.2 Å². The van der Waals surface area contributed by atoms with Gasteiger partial charge in [0.25, 0.3) is 5.91 Å². The molecule has 0 atom stereocenters. The molecule has 33 heavy (non-hydrogen) atoms. The Hall–Kier alpha value is -4.15. The van der Waals surface area contributed by atoms with Crippen molar-refractivity contribution < 1.29 is 27.2 Å². The number of pyridine rings is 1. The molecule has 0 bridgehead atoms. The molecule has 0 spiro atoms. The van der Waals surface area contributed by atoms with Crippen LogP contribution in [0.25, 0.3) is 0 Å². The van der Waals surface area contributed by atoms with Crippen molar-refractivity contribution in [2.75, 3.05) is 16.0 Å². The number of hydrogen-bond donors (Lipinski definition) is 4. The zero-order valence-corrected chi connectivity index (χ0v) is 17.3. The molecule has 0 unspecified atom stereocenters. The average Bonchev–Trinajstić information content (AvgIpc) is 2.74.